The topological polar surface area (TPSA) is 96.5 Å². The zero-order chi connectivity index (χ0) is 27.2. The fourth-order valence-electron chi connectivity index (χ4n) is 4.31. The van der Waals surface area contributed by atoms with Gasteiger partial charge in [-0.05, 0) is 42.3 Å². The van der Waals surface area contributed by atoms with Crippen molar-refractivity contribution in [2.24, 2.45) is 0 Å². The van der Waals surface area contributed by atoms with Crippen molar-refractivity contribution in [1.29, 1.82) is 0 Å². The zero-order valence-corrected chi connectivity index (χ0v) is 24.1. The molecule has 0 saturated carbocycles. The van der Waals surface area contributed by atoms with Gasteiger partial charge in [-0.2, -0.15) is 5.21 Å². The minimum atomic E-state index is -0.132. The van der Waals surface area contributed by atoms with Gasteiger partial charge in [-0.1, -0.05) is 64.5 Å². The van der Waals surface area contributed by atoms with E-state index < -0.39 is 0 Å². The van der Waals surface area contributed by atoms with Crippen LogP contribution in [0.15, 0.2) is 41.3 Å². The highest BCUT2D eigenvalue weighted by atomic mass is 35.5. The van der Waals surface area contributed by atoms with E-state index in [0.717, 1.165) is 49.5 Å². The number of thiocarbonyl (C=S) groups is 1. The number of nitrogens with one attached hydrogen (secondary N) is 1. The minimum Gasteiger partial charge on any atom is -0.492 e. The van der Waals surface area contributed by atoms with Crippen LogP contribution in [0.4, 0.5) is 0 Å². The van der Waals surface area contributed by atoms with Crippen LogP contribution < -0.4 is 4.74 Å². The van der Waals surface area contributed by atoms with E-state index in [9.17, 15) is 4.79 Å². The van der Waals surface area contributed by atoms with Gasteiger partial charge in [0.1, 0.15) is 16.7 Å². The van der Waals surface area contributed by atoms with E-state index in [2.05, 4.69) is 25.5 Å². The Kier molecular flexibility index (Phi) is 9.49. The van der Waals surface area contributed by atoms with Gasteiger partial charge in [0.2, 0.25) is 0 Å². The molecule has 1 amide bonds. The van der Waals surface area contributed by atoms with Crippen LogP contribution in [0.3, 0.4) is 0 Å². The fraction of sp³-hybridized carbons (Fsp3) is 0.346. The van der Waals surface area contributed by atoms with Crippen LogP contribution in [0.1, 0.15) is 17.8 Å². The lowest BCUT2D eigenvalue weighted by Crippen LogP contribution is -2.38. The molecule has 3 heterocycles. The first-order chi connectivity index (χ1) is 19.0. The average molecular weight is 606 g/mol. The van der Waals surface area contributed by atoms with Gasteiger partial charge < -0.3 is 9.47 Å². The molecule has 9 nitrogen and oxygen atoms in total. The Morgan fingerprint density at radius 2 is 2.00 bits per heavy atom. The van der Waals surface area contributed by atoms with Crippen molar-refractivity contribution in [3.63, 3.8) is 0 Å². The number of H-pyrrole nitrogens is 1. The maximum absolute atomic E-state index is 13.3. The van der Waals surface area contributed by atoms with Gasteiger partial charge in [-0.15, -0.1) is 10.2 Å². The lowest BCUT2D eigenvalue weighted by molar-refractivity contribution is -0.122. The number of morpholine rings is 1. The lowest BCUT2D eigenvalue weighted by Gasteiger charge is -2.26. The Balaban J connectivity index is 1.36. The second kappa shape index (κ2) is 13.2. The van der Waals surface area contributed by atoms with E-state index in [-0.39, 0.29) is 5.91 Å². The van der Waals surface area contributed by atoms with Crippen molar-refractivity contribution in [2.75, 3.05) is 46.0 Å². The quantitative estimate of drug-likeness (QED) is 0.260. The molecule has 2 fully saturated rings. The summed E-state index contributed by atoms with van der Waals surface area (Å²) in [6.45, 7) is 5.02. The Morgan fingerprint density at radius 1 is 1.15 bits per heavy atom. The number of halogens is 2. The number of tetrazole rings is 1. The molecule has 39 heavy (non-hydrogen) atoms. The number of amides is 1. The number of ether oxygens (including phenoxy) is 2. The third-order valence-electron chi connectivity index (χ3n) is 6.35. The Morgan fingerprint density at radius 3 is 2.77 bits per heavy atom. The summed E-state index contributed by atoms with van der Waals surface area (Å²) in [6.07, 6.45) is 3.10. The maximum atomic E-state index is 13.3. The predicted molar refractivity (Wildman–Crippen MR) is 157 cm³/mol. The van der Waals surface area contributed by atoms with E-state index in [1.54, 1.807) is 17.0 Å². The van der Waals surface area contributed by atoms with Crippen LogP contribution >= 0.6 is 47.2 Å². The summed E-state index contributed by atoms with van der Waals surface area (Å²) in [5, 5.41) is 15.0. The predicted octanol–water partition coefficient (Wildman–Crippen LogP) is 4.72. The SMILES string of the molecule is O=C1/C(=C/c2cc(-c3ccc(Cl)cc3Cl)ccc2OCCN2CCOCC2)SC(=S)N1CCCc1nn[nH]n1. The normalized spacial score (nSPS) is 17.4. The van der Waals surface area contributed by atoms with Gasteiger partial charge in [-0.3, -0.25) is 14.6 Å². The number of carbonyl (C=O) groups excluding carboxylic acids is 1. The van der Waals surface area contributed by atoms with E-state index >= 15 is 0 Å². The summed E-state index contributed by atoms with van der Waals surface area (Å²) < 4.78 is 12.2. The highest BCUT2D eigenvalue weighted by Crippen LogP contribution is 2.37. The van der Waals surface area contributed by atoms with Crippen LogP contribution in [0, 0.1) is 0 Å². The van der Waals surface area contributed by atoms with E-state index in [1.165, 1.54) is 11.8 Å². The molecular weight excluding hydrogens is 579 g/mol. The molecule has 0 unspecified atom stereocenters. The van der Waals surface area contributed by atoms with Crippen LogP contribution in [0.2, 0.25) is 10.0 Å². The highest BCUT2D eigenvalue weighted by molar-refractivity contribution is 8.26. The molecule has 0 radical (unpaired) electrons. The summed E-state index contributed by atoms with van der Waals surface area (Å²) in [4.78, 5) is 17.8. The Hall–Kier alpha value is -2.54. The summed E-state index contributed by atoms with van der Waals surface area (Å²) >= 11 is 19.4. The number of aromatic nitrogens is 4. The van der Waals surface area contributed by atoms with Crippen LogP contribution in [-0.2, 0) is 16.0 Å². The molecule has 3 aromatic rings. The molecule has 1 N–H and O–H groups in total. The van der Waals surface area contributed by atoms with Gasteiger partial charge in [0.05, 0.1) is 18.1 Å². The molecule has 0 spiro atoms. The molecule has 1 aromatic heterocycles. The van der Waals surface area contributed by atoms with Crippen LogP contribution in [-0.4, -0.2) is 86.7 Å². The summed E-state index contributed by atoms with van der Waals surface area (Å²) in [5.74, 6) is 1.15. The third-order valence-corrected chi connectivity index (χ3v) is 8.28. The van der Waals surface area contributed by atoms with E-state index in [4.69, 9.17) is 44.9 Å². The van der Waals surface area contributed by atoms with Crippen molar-refractivity contribution in [2.45, 2.75) is 12.8 Å². The minimum absolute atomic E-state index is 0.132. The van der Waals surface area contributed by atoms with Crippen molar-refractivity contribution >= 4 is 63.5 Å². The number of rotatable bonds is 10. The van der Waals surface area contributed by atoms with Crippen molar-refractivity contribution in [3.8, 4) is 16.9 Å². The molecule has 0 atom stereocenters. The Labute approximate surface area is 245 Å². The monoisotopic (exact) mass is 604 g/mol. The van der Waals surface area contributed by atoms with Crippen LogP contribution in [0.25, 0.3) is 17.2 Å². The average Bonchev–Trinajstić information content (AvgIpc) is 3.54. The number of aryl methyl sites for hydroxylation is 1. The molecule has 13 heteroatoms. The maximum Gasteiger partial charge on any atom is 0.266 e. The number of hydrogen-bond acceptors (Lipinski definition) is 9. The van der Waals surface area contributed by atoms with E-state index in [0.29, 0.717) is 56.8 Å². The molecule has 204 valence electrons. The molecule has 2 aliphatic heterocycles. The summed E-state index contributed by atoms with van der Waals surface area (Å²) in [5.41, 5.74) is 2.50. The van der Waals surface area contributed by atoms with Gasteiger partial charge in [0.25, 0.3) is 5.91 Å². The molecule has 2 aliphatic rings. The van der Waals surface area contributed by atoms with Gasteiger partial charge in [0, 0.05) is 53.8 Å². The van der Waals surface area contributed by atoms with Gasteiger partial charge in [-0.25, -0.2) is 0 Å². The first-order valence-corrected chi connectivity index (χ1v) is 14.5. The van der Waals surface area contributed by atoms with Gasteiger partial charge >= 0.3 is 0 Å². The number of nitrogens with zero attached hydrogens (tertiary/aromatic N) is 5. The summed E-state index contributed by atoms with van der Waals surface area (Å²) in [6, 6.07) is 11.2. The number of hydrogen-bond donors (Lipinski definition) is 1. The highest BCUT2D eigenvalue weighted by Gasteiger charge is 2.32. The second-order valence-corrected chi connectivity index (χ2v) is 11.5. The second-order valence-electron chi connectivity index (χ2n) is 8.94. The van der Waals surface area contributed by atoms with Crippen molar-refractivity contribution in [3.05, 3.63) is 62.7 Å². The fourth-order valence-corrected chi connectivity index (χ4v) is 6.13. The molecular formula is C26H26Cl2N6O3S2. The molecule has 2 aromatic carbocycles. The number of carbonyl (C=O) groups is 1. The number of benzene rings is 2. The van der Waals surface area contributed by atoms with Crippen molar-refractivity contribution in [1.82, 2.24) is 30.4 Å². The first-order valence-electron chi connectivity index (χ1n) is 12.5. The molecule has 0 aliphatic carbocycles. The third kappa shape index (κ3) is 7.16. The standard InChI is InChI=1S/C26H26Cl2N6O3S2/c27-19-4-5-20(21(28)16-19)17-3-6-22(37-13-10-33-8-11-36-12-9-33)18(14-17)15-23-25(35)34(26(38)39-23)7-1-2-24-29-31-32-30-24/h3-6,14-16H,1-2,7-13H2,(H,29,30,31,32)/b23-15-. The largest absolute Gasteiger partial charge is 0.492 e. The molecule has 0 bridgehead atoms. The Bertz CT molecular complexity index is 1370. The summed E-state index contributed by atoms with van der Waals surface area (Å²) in [7, 11) is 0. The smallest absolute Gasteiger partial charge is 0.266 e. The molecule has 2 saturated heterocycles. The van der Waals surface area contributed by atoms with Gasteiger partial charge in [0.15, 0.2) is 5.82 Å². The first kappa shape index (κ1) is 28.0. The van der Waals surface area contributed by atoms with E-state index in [1.807, 2.05) is 30.3 Å². The number of thioether (sulfide) groups is 1. The zero-order valence-electron chi connectivity index (χ0n) is 20.9. The van der Waals surface area contributed by atoms with Crippen LogP contribution in [0.5, 0.6) is 5.75 Å². The number of aromatic amines is 1. The lowest BCUT2D eigenvalue weighted by atomic mass is 10.0. The van der Waals surface area contributed by atoms with Crippen molar-refractivity contribution < 1.29 is 14.3 Å². The molecule has 5 rings (SSSR count).